The third kappa shape index (κ3) is 26.4. The molecule has 0 bridgehead atoms. The average Bonchev–Trinajstić information content (AvgIpc) is 0.760. The molecule has 10 N–H and O–H groups in total. The largest absolute Gasteiger partial charge is 0.478 e. The summed E-state index contributed by atoms with van der Waals surface area (Å²) in [7, 11) is 0. The molecule has 674 valence electrons. The maximum atomic E-state index is 13.8. The third-order valence-corrected chi connectivity index (χ3v) is 22.8. The second-order valence-corrected chi connectivity index (χ2v) is 33.5. The SMILES string of the molecule is CC(F)(F)c1ccncc1CCc1ncc(C(F)(F)F)c(N[C@@H]2C[C@H](O)C2(C)C)n1.CC1(C)C[C@H](Nc2nc(NCc3ccccc3C(F)(F)F)ncc2C#N)CC[C@@H]1O.CCC(=O)C1CCC(Nc2nc(NCc3cncnc3Oc3cccc(C)c3)ncc2C#N)CC1.CCOc1ncccc1CNc1ncc(C(F)(F)F)c(N[C@@H]2CC[C@H](O)C(C)(C)C2)n1. The zero-order chi connectivity index (χ0) is 91.5. The number of carbonyl (C=O) groups is 1. The molecule has 0 aliphatic heterocycles. The van der Waals surface area contributed by atoms with Crippen LogP contribution in [0.1, 0.15) is 206 Å². The molecule has 4 aliphatic rings. The number of aryl methyl sites for hydroxylation is 3. The van der Waals surface area contributed by atoms with Gasteiger partial charge in [-0.15, -0.1) is 0 Å². The van der Waals surface area contributed by atoms with Crippen LogP contribution in [0, 0.1) is 51.7 Å². The number of anilines is 7. The van der Waals surface area contributed by atoms with Crippen molar-refractivity contribution in [1.82, 2.24) is 59.8 Å². The van der Waals surface area contributed by atoms with Crippen molar-refractivity contribution in [2.24, 2.45) is 22.2 Å². The number of hydrogen-bond acceptors (Lipinski definition) is 27. The Hall–Kier alpha value is -11.9. The van der Waals surface area contributed by atoms with Crippen LogP contribution in [-0.4, -0.2) is 130 Å². The van der Waals surface area contributed by atoms with Crippen molar-refractivity contribution in [2.75, 3.05) is 43.8 Å². The molecular weight excluding hydrogens is 1660 g/mol. The Labute approximate surface area is 723 Å². The van der Waals surface area contributed by atoms with E-state index in [1.165, 1.54) is 55.4 Å². The number of rotatable bonds is 27. The topological polar surface area (TPSA) is 383 Å². The number of ether oxygens (including phenoxy) is 2. The highest BCUT2D eigenvalue weighted by Gasteiger charge is 2.49. The lowest BCUT2D eigenvalue weighted by molar-refractivity contribution is -0.138. The van der Waals surface area contributed by atoms with Gasteiger partial charge in [0.1, 0.15) is 81.3 Å². The molecule has 2 aromatic carbocycles. The normalized spacial score (nSPS) is 20.0. The fourth-order valence-corrected chi connectivity index (χ4v) is 15.1. The van der Waals surface area contributed by atoms with E-state index in [1.807, 2.05) is 84.9 Å². The number of Topliss-reactive ketones (excluding diaryl/α,β-unsaturated/α-hetero) is 1. The van der Waals surface area contributed by atoms with Crippen molar-refractivity contribution in [3.05, 3.63) is 190 Å². The molecule has 7 heterocycles. The van der Waals surface area contributed by atoms with Gasteiger partial charge in [-0.1, -0.05) is 84.9 Å². The van der Waals surface area contributed by atoms with Crippen LogP contribution in [-0.2, 0) is 61.7 Å². The van der Waals surface area contributed by atoms with E-state index < -0.39 is 64.2 Å². The number of aliphatic hydroxyl groups excluding tert-OH is 3. The van der Waals surface area contributed by atoms with Crippen LogP contribution in [0.25, 0.3) is 0 Å². The minimum atomic E-state index is -4.66. The number of ketones is 1. The summed E-state index contributed by atoms with van der Waals surface area (Å²) < 4.78 is 159. The smallest absolute Gasteiger partial charge is 0.421 e. The van der Waals surface area contributed by atoms with Gasteiger partial charge in [0.15, 0.2) is 0 Å². The summed E-state index contributed by atoms with van der Waals surface area (Å²) in [6, 6.07) is 21.6. The minimum absolute atomic E-state index is 0.0178. The Morgan fingerprint density at radius 3 is 1.58 bits per heavy atom. The van der Waals surface area contributed by atoms with Crippen LogP contribution in [0.2, 0.25) is 0 Å². The maximum Gasteiger partial charge on any atom is 0.421 e. The van der Waals surface area contributed by atoms with E-state index in [0.29, 0.717) is 111 Å². The first-order chi connectivity index (χ1) is 59.5. The van der Waals surface area contributed by atoms with Crippen molar-refractivity contribution in [3.8, 4) is 29.6 Å². The Bertz CT molecular complexity index is 5230. The van der Waals surface area contributed by atoms with Crippen LogP contribution in [0.15, 0.2) is 123 Å². The highest BCUT2D eigenvalue weighted by Crippen LogP contribution is 2.46. The zero-order valence-corrected chi connectivity index (χ0v) is 71.4. The zero-order valence-electron chi connectivity index (χ0n) is 71.4. The Morgan fingerprint density at radius 2 is 1.03 bits per heavy atom. The van der Waals surface area contributed by atoms with E-state index in [0.717, 1.165) is 68.0 Å². The van der Waals surface area contributed by atoms with Crippen molar-refractivity contribution in [3.63, 3.8) is 0 Å². The van der Waals surface area contributed by atoms with Gasteiger partial charge >= 0.3 is 18.5 Å². The van der Waals surface area contributed by atoms with Gasteiger partial charge in [-0.2, -0.15) is 65.0 Å². The van der Waals surface area contributed by atoms with Crippen LogP contribution in [0.4, 0.5) is 89.4 Å². The lowest BCUT2D eigenvalue weighted by Crippen LogP contribution is -2.57. The first-order valence-corrected chi connectivity index (χ1v) is 41.4. The summed E-state index contributed by atoms with van der Waals surface area (Å²) in [4.78, 5) is 61.3. The van der Waals surface area contributed by atoms with Crippen LogP contribution >= 0.6 is 0 Å². The molecule has 0 unspecified atom stereocenters. The number of nitrogens with one attached hydrogen (secondary N) is 7. The molecule has 7 aromatic heterocycles. The van der Waals surface area contributed by atoms with E-state index in [-0.39, 0.29) is 119 Å². The van der Waals surface area contributed by atoms with Crippen molar-refractivity contribution < 1.29 is 77.9 Å². The summed E-state index contributed by atoms with van der Waals surface area (Å²) in [5, 5.41) is 70.3. The van der Waals surface area contributed by atoms with Gasteiger partial charge in [-0.25, -0.2) is 48.7 Å². The summed E-state index contributed by atoms with van der Waals surface area (Å²) in [6.45, 7) is 18.8. The number of aliphatic hydroxyl groups is 3. The monoisotopic (exact) mass is 1760 g/mol. The van der Waals surface area contributed by atoms with Gasteiger partial charge in [0.25, 0.3) is 5.92 Å². The summed E-state index contributed by atoms with van der Waals surface area (Å²) in [6.07, 6.45) is 4.66. The highest BCUT2D eigenvalue weighted by molar-refractivity contribution is 5.80. The Balaban J connectivity index is 0.000000176. The number of hydrogen-bond donors (Lipinski definition) is 10. The molecule has 0 saturated heterocycles. The lowest BCUT2D eigenvalue weighted by atomic mass is 9.64. The van der Waals surface area contributed by atoms with Crippen LogP contribution in [0.5, 0.6) is 17.5 Å². The molecule has 0 amide bonds. The van der Waals surface area contributed by atoms with Gasteiger partial charge in [0, 0.05) is 123 Å². The third-order valence-electron chi connectivity index (χ3n) is 22.8. The molecule has 4 aliphatic carbocycles. The van der Waals surface area contributed by atoms with Gasteiger partial charge in [0.2, 0.25) is 29.6 Å². The van der Waals surface area contributed by atoms with E-state index >= 15 is 0 Å². The van der Waals surface area contributed by atoms with Crippen LogP contribution in [0.3, 0.4) is 0 Å². The Morgan fingerprint density at radius 1 is 0.508 bits per heavy atom. The van der Waals surface area contributed by atoms with E-state index in [1.54, 1.807) is 32.3 Å². The number of aromatic nitrogens is 12. The number of halogens is 11. The minimum Gasteiger partial charge on any atom is -0.478 e. The number of carbonyl (C=O) groups excluding carboxylic acids is 1. The number of nitrogens with zero attached hydrogens (tertiary/aromatic N) is 14. The predicted octanol–water partition coefficient (Wildman–Crippen LogP) is 17.7. The molecule has 0 radical (unpaired) electrons. The van der Waals surface area contributed by atoms with E-state index in [4.69, 9.17) is 9.47 Å². The second-order valence-electron chi connectivity index (χ2n) is 33.5. The molecule has 0 spiro atoms. The van der Waals surface area contributed by atoms with Crippen molar-refractivity contribution in [1.29, 1.82) is 10.5 Å². The van der Waals surface area contributed by atoms with Crippen molar-refractivity contribution in [2.45, 2.75) is 246 Å². The summed E-state index contributed by atoms with van der Waals surface area (Å²) >= 11 is 0. The first-order valence-electron chi connectivity index (χ1n) is 41.4. The molecule has 6 atom stereocenters. The van der Waals surface area contributed by atoms with Gasteiger partial charge in [-0.3, -0.25) is 9.78 Å². The fraction of sp³-hybridized carbons (Fsp3) is 0.489. The van der Waals surface area contributed by atoms with E-state index in [9.17, 15) is 78.9 Å². The molecule has 27 nitrogen and oxygen atoms in total. The molecule has 4 fully saturated rings. The number of nitriles is 2. The summed E-state index contributed by atoms with van der Waals surface area (Å²) in [5.41, 5.74) is -0.518. The molecular formula is C88H104F11N21O6. The number of benzene rings is 2. The molecule has 126 heavy (non-hydrogen) atoms. The fourth-order valence-electron chi connectivity index (χ4n) is 15.1. The molecule has 4 saturated carbocycles. The van der Waals surface area contributed by atoms with E-state index in [2.05, 4.69) is 103 Å². The molecule has 13 rings (SSSR count). The summed E-state index contributed by atoms with van der Waals surface area (Å²) in [5.74, 6) is -0.121. The predicted molar refractivity (Wildman–Crippen MR) is 449 cm³/mol. The van der Waals surface area contributed by atoms with Crippen LogP contribution < -0.4 is 46.7 Å². The van der Waals surface area contributed by atoms with Gasteiger partial charge in [0.05, 0.1) is 48.4 Å². The average molecular weight is 1760 g/mol. The second kappa shape index (κ2) is 41.9. The van der Waals surface area contributed by atoms with Crippen molar-refractivity contribution >= 4 is 46.9 Å². The quantitative estimate of drug-likeness (QED) is 0.0214. The van der Waals surface area contributed by atoms with Gasteiger partial charge in [-0.05, 0) is 149 Å². The number of alkyl halides is 11. The number of pyridine rings is 2. The Kier molecular flexibility index (Phi) is 32.1. The highest BCUT2D eigenvalue weighted by atomic mass is 19.4. The van der Waals surface area contributed by atoms with Gasteiger partial charge < -0.3 is 62.0 Å². The first kappa shape index (κ1) is 96.3. The molecule has 38 heteroatoms. The lowest BCUT2D eigenvalue weighted by Gasteiger charge is -2.49. The standard InChI is InChI=1S/C26H29N7O2.C21H28F3N5O2.C21H24F3N5O.C20H23F5N4O/c1-3-23(34)18-7-9-21(10-8-18)32-24-19(12-27)14-29-26(33-24)30-15-20-13-28-16-31-25(20)35-22-6-4-5-17(2)11-22;1-4-31-18-13(6-5-9-25-18)11-26-19-27-12-15(21(22,23)24)17(29-19)28-14-7-8-16(30)20(2,3)10-14;1-20(2)9-15(7-8-17(20)30)28-18-14(10-25)12-27-19(29-18)26-11-13-5-3-4-6-16(13)21(22,23)24;1-18(2)14(8-15(18)30)28-17-13(20(23,24)25)10-27-16(29-17)5-4-11-9-26-7-6-12(11)19(3,21)22/h4-6,11,13-14,16,18,21H,3,7-10,15H2,1-2H3,(H2,29,30,32,33);5-6,9,12,14,16,30H,4,7-8,10-11H2,1-3H3,(H2,26,27,28,29);3-6,12,15,17,30H,7-9,11H2,1-2H3,(H2,26,27,28,29);6-7,9-10,14-15,30H,4-5,8H2,1-3H3,(H,27,28,29)/t;14-,16+;15-,17+;14-,15+/m.111/s1. The molecule has 9 aromatic rings. The maximum absolute atomic E-state index is 13.8.